The normalized spacial score (nSPS) is 26.0. The van der Waals surface area contributed by atoms with Gasteiger partial charge in [0.05, 0.1) is 5.69 Å². The molecule has 2 rings (SSSR count). The number of hydrogen-bond acceptors (Lipinski definition) is 3. The second-order valence-electron chi connectivity index (χ2n) is 4.99. The first kappa shape index (κ1) is 12.5. The molecule has 0 bridgehead atoms. The number of piperazine rings is 1. The van der Waals surface area contributed by atoms with Crippen LogP contribution in [0.3, 0.4) is 0 Å². The minimum absolute atomic E-state index is 0.602. The Labute approximate surface area is 104 Å². The maximum atomic E-state index is 4.42. The molecule has 1 aliphatic heterocycles. The summed E-state index contributed by atoms with van der Waals surface area (Å²) in [5.74, 6) is 0. The molecule has 2 unspecified atom stereocenters. The van der Waals surface area contributed by atoms with Gasteiger partial charge in [0, 0.05) is 37.9 Å². The first-order chi connectivity index (χ1) is 8.29. The fraction of sp³-hybridized carbons (Fsp3) is 0.643. The van der Waals surface area contributed by atoms with Crippen LogP contribution in [-0.2, 0) is 6.54 Å². The van der Waals surface area contributed by atoms with Crippen molar-refractivity contribution < 1.29 is 0 Å². The molecule has 1 N–H and O–H groups in total. The third-order valence-corrected chi connectivity index (χ3v) is 3.51. The van der Waals surface area contributed by atoms with Gasteiger partial charge in [-0.1, -0.05) is 19.4 Å². The first-order valence-corrected chi connectivity index (χ1v) is 6.67. The zero-order chi connectivity index (χ0) is 12.1. The highest BCUT2D eigenvalue weighted by molar-refractivity contribution is 5.04. The summed E-state index contributed by atoms with van der Waals surface area (Å²) in [7, 11) is 0. The van der Waals surface area contributed by atoms with Crippen molar-refractivity contribution in [1.29, 1.82) is 0 Å². The smallest absolute Gasteiger partial charge is 0.0544 e. The van der Waals surface area contributed by atoms with E-state index in [4.69, 9.17) is 0 Å². The molecule has 0 aromatic carbocycles. The van der Waals surface area contributed by atoms with Gasteiger partial charge in [-0.2, -0.15) is 0 Å². The largest absolute Gasteiger partial charge is 0.311 e. The highest BCUT2D eigenvalue weighted by atomic mass is 15.2. The number of hydrogen-bond donors (Lipinski definition) is 1. The van der Waals surface area contributed by atoms with Gasteiger partial charge in [0.25, 0.3) is 0 Å². The average Bonchev–Trinajstić information content (AvgIpc) is 2.35. The van der Waals surface area contributed by atoms with Gasteiger partial charge < -0.3 is 5.32 Å². The van der Waals surface area contributed by atoms with Gasteiger partial charge in [-0.25, -0.2) is 0 Å². The van der Waals surface area contributed by atoms with Crippen molar-refractivity contribution in [2.45, 2.75) is 45.3 Å². The maximum absolute atomic E-state index is 4.42. The van der Waals surface area contributed by atoms with Crippen LogP contribution in [-0.4, -0.2) is 35.1 Å². The van der Waals surface area contributed by atoms with E-state index in [1.54, 1.807) is 0 Å². The van der Waals surface area contributed by atoms with Crippen LogP contribution in [0, 0.1) is 0 Å². The molecule has 0 aliphatic carbocycles. The quantitative estimate of drug-likeness (QED) is 0.862. The molecule has 0 amide bonds. The molecule has 94 valence electrons. The molecule has 17 heavy (non-hydrogen) atoms. The van der Waals surface area contributed by atoms with Crippen molar-refractivity contribution in [3.8, 4) is 0 Å². The van der Waals surface area contributed by atoms with E-state index in [0.717, 1.165) is 19.6 Å². The molecule has 1 fully saturated rings. The number of pyridine rings is 1. The summed E-state index contributed by atoms with van der Waals surface area (Å²) in [5, 5.41) is 3.62. The van der Waals surface area contributed by atoms with Crippen LogP contribution in [0.2, 0.25) is 0 Å². The first-order valence-electron chi connectivity index (χ1n) is 6.67. The third-order valence-electron chi connectivity index (χ3n) is 3.51. The van der Waals surface area contributed by atoms with Gasteiger partial charge >= 0.3 is 0 Å². The van der Waals surface area contributed by atoms with Crippen LogP contribution in [0.15, 0.2) is 24.4 Å². The minimum Gasteiger partial charge on any atom is -0.311 e. The summed E-state index contributed by atoms with van der Waals surface area (Å²) in [6.45, 7) is 7.76. The summed E-state index contributed by atoms with van der Waals surface area (Å²) in [6.07, 6.45) is 4.40. The van der Waals surface area contributed by atoms with E-state index in [-0.39, 0.29) is 0 Å². The fourth-order valence-electron chi connectivity index (χ4n) is 2.46. The molecule has 1 aromatic rings. The highest BCUT2D eigenvalue weighted by Gasteiger charge is 2.24. The molecular weight excluding hydrogens is 210 g/mol. The average molecular weight is 233 g/mol. The maximum Gasteiger partial charge on any atom is 0.0544 e. The molecule has 3 heteroatoms. The van der Waals surface area contributed by atoms with E-state index in [1.807, 2.05) is 12.3 Å². The fourth-order valence-corrected chi connectivity index (χ4v) is 2.46. The molecule has 3 nitrogen and oxygen atoms in total. The van der Waals surface area contributed by atoms with E-state index in [1.165, 1.54) is 18.5 Å². The second-order valence-corrected chi connectivity index (χ2v) is 4.99. The topological polar surface area (TPSA) is 28.2 Å². The van der Waals surface area contributed by atoms with Crippen molar-refractivity contribution >= 4 is 0 Å². The van der Waals surface area contributed by atoms with Crippen molar-refractivity contribution in [1.82, 2.24) is 15.2 Å². The number of nitrogens with zero attached hydrogens (tertiary/aromatic N) is 2. The lowest BCUT2D eigenvalue weighted by Gasteiger charge is -2.38. The second kappa shape index (κ2) is 6.12. The SMILES string of the molecule is CCCC1CN(Cc2ccccn2)C(C)CN1. The number of rotatable bonds is 4. The highest BCUT2D eigenvalue weighted by Crippen LogP contribution is 2.13. The molecule has 1 aliphatic rings. The zero-order valence-electron chi connectivity index (χ0n) is 10.9. The van der Waals surface area contributed by atoms with Crippen LogP contribution < -0.4 is 5.32 Å². The summed E-state index contributed by atoms with van der Waals surface area (Å²) in [6, 6.07) is 7.41. The Morgan fingerprint density at radius 2 is 2.35 bits per heavy atom. The molecule has 1 aromatic heterocycles. The van der Waals surface area contributed by atoms with E-state index in [0.29, 0.717) is 12.1 Å². The van der Waals surface area contributed by atoms with Gasteiger partial charge in [0.15, 0.2) is 0 Å². The lowest BCUT2D eigenvalue weighted by molar-refractivity contribution is 0.128. The van der Waals surface area contributed by atoms with Crippen molar-refractivity contribution in [2.24, 2.45) is 0 Å². The molecular formula is C14H23N3. The monoisotopic (exact) mass is 233 g/mol. The lowest BCUT2D eigenvalue weighted by atomic mass is 10.1. The summed E-state index contributed by atoms with van der Waals surface area (Å²) in [4.78, 5) is 6.96. The predicted octanol–water partition coefficient (Wildman–Crippen LogP) is 2.04. The van der Waals surface area contributed by atoms with Crippen LogP contribution in [0.5, 0.6) is 0 Å². The summed E-state index contributed by atoms with van der Waals surface area (Å²) >= 11 is 0. The molecule has 2 heterocycles. The molecule has 0 spiro atoms. The Morgan fingerprint density at radius 1 is 1.47 bits per heavy atom. The van der Waals surface area contributed by atoms with Gasteiger partial charge in [-0.15, -0.1) is 0 Å². The van der Waals surface area contributed by atoms with Crippen molar-refractivity contribution in [3.05, 3.63) is 30.1 Å². The van der Waals surface area contributed by atoms with E-state index < -0.39 is 0 Å². The van der Waals surface area contributed by atoms with Crippen LogP contribution in [0.25, 0.3) is 0 Å². The van der Waals surface area contributed by atoms with Crippen molar-refractivity contribution in [2.75, 3.05) is 13.1 Å². The molecule has 0 saturated carbocycles. The zero-order valence-corrected chi connectivity index (χ0v) is 10.9. The Balaban J connectivity index is 1.94. The summed E-state index contributed by atoms with van der Waals surface area (Å²) < 4.78 is 0. The van der Waals surface area contributed by atoms with E-state index in [9.17, 15) is 0 Å². The van der Waals surface area contributed by atoms with Gasteiger partial charge in [-0.05, 0) is 25.5 Å². The van der Waals surface area contributed by atoms with E-state index >= 15 is 0 Å². The Bertz CT molecular complexity index is 325. The minimum atomic E-state index is 0.602. The Morgan fingerprint density at radius 3 is 3.06 bits per heavy atom. The predicted molar refractivity (Wildman–Crippen MR) is 70.8 cm³/mol. The molecule has 1 saturated heterocycles. The number of nitrogens with one attached hydrogen (secondary N) is 1. The Kier molecular flexibility index (Phi) is 4.51. The van der Waals surface area contributed by atoms with Crippen LogP contribution in [0.4, 0.5) is 0 Å². The Hall–Kier alpha value is -0.930. The molecule has 0 radical (unpaired) electrons. The van der Waals surface area contributed by atoms with Gasteiger partial charge in [-0.3, -0.25) is 9.88 Å². The summed E-state index contributed by atoms with van der Waals surface area (Å²) in [5.41, 5.74) is 1.18. The van der Waals surface area contributed by atoms with Gasteiger partial charge in [0.2, 0.25) is 0 Å². The van der Waals surface area contributed by atoms with E-state index in [2.05, 4.69) is 41.2 Å². The van der Waals surface area contributed by atoms with Crippen molar-refractivity contribution in [3.63, 3.8) is 0 Å². The standard InChI is InChI=1S/C14H23N3/c1-3-6-13-10-17(12(2)9-16-13)11-14-7-4-5-8-15-14/h4-5,7-8,12-13,16H,3,6,9-11H2,1-2H3. The van der Waals surface area contributed by atoms with Gasteiger partial charge in [0.1, 0.15) is 0 Å². The number of aromatic nitrogens is 1. The van der Waals surface area contributed by atoms with Crippen LogP contribution >= 0.6 is 0 Å². The van der Waals surface area contributed by atoms with Crippen LogP contribution in [0.1, 0.15) is 32.4 Å². The third kappa shape index (κ3) is 3.51. The lowest BCUT2D eigenvalue weighted by Crippen LogP contribution is -2.54. The molecule has 2 atom stereocenters.